The van der Waals surface area contributed by atoms with Crippen molar-refractivity contribution in [3.8, 4) is 5.75 Å². The highest BCUT2D eigenvalue weighted by Gasteiger charge is 2.10. The molecular formula is C18H30O2. The summed E-state index contributed by atoms with van der Waals surface area (Å²) in [4.78, 5) is 0. The van der Waals surface area contributed by atoms with Crippen LogP contribution < -0.4 is 4.74 Å². The Morgan fingerprint density at radius 1 is 1.25 bits per heavy atom. The molecule has 0 atom stereocenters. The van der Waals surface area contributed by atoms with Crippen LogP contribution >= 0.6 is 0 Å². The molecule has 0 saturated carbocycles. The highest BCUT2D eigenvalue weighted by Crippen LogP contribution is 2.21. The molecule has 0 aliphatic rings. The Balaban J connectivity index is 0.00000172. The second kappa shape index (κ2) is 9.60. The van der Waals surface area contributed by atoms with E-state index < -0.39 is 5.60 Å². The van der Waals surface area contributed by atoms with Crippen molar-refractivity contribution in [2.45, 2.75) is 59.5 Å². The maximum atomic E-state index is 9.61. The van der Waals surface area contributed by atoms with Gasteiger partial charge in [0.1, 0.15) is 5.75 Å². The first-order chi connectivity index (χ1) is 9.42. The van der Waals surface area contributed by atoms with Gasteiger partial charge in [0, 0.05) is 5.56 Å². The number of hydrogen-bond donors (Lipinski definition) is 1. The van der Waals surface area contributed by atoms with Crippen molar-refractivity contribution < 1.29 is 9.84 Å². The second-order valence-corrected chi connectivity index (χ2v) is 5.35. The zero-order valence-corrected chi connectivity index (χ0v) is 13.9. The average Bonchev–Trinajstić information content (AvgIpc) is 2.39. The predicted octanol–water partition coefficient (Wildman–Crippen LogP) is 4.98. The SMILES string of the molecule is CC.COc1ccc(C)cc1/C=C/CCCC(C)(C)O. The summed E-state index contributed by atoms with van der Waals surface area (Å²) in [6.45, 7) is 9.77. The van der Waals surface area contributed by atoms with Crippen molar-refractivity contribution >= 4 is 6.08 Å². The van der Waals surface area contributed by atoms with Gasteiger partial charge in [0.25, 0.3) is 0 Å². The van der Waals surface area contributed by atoms with Gasteiger partial charge in [-0.1, -0.05) is 37.6 Å². The summed E-state index contributed by atoms with van der Waals surface area (Å²) >= 11 is 0. The molecule has 2 heteroatoms. The van der Waals surface area contributed by atoms with Crippen LogP contribution in [0.2, 0.25) is 0 Å². The van der Waals surface area contributed by atoms with E-state index in [1.807, 2.05) is 39.8 Å². The highest BCUT2D eigenvalue weighted by atomic mass is 16.5. The summed E-state index contributed by atoms with van der Waals surface area (Å²) in [7, 11) is 1.69. The zero-order valence-electron chi connectivity index (χ0n) is 13.9. The van der Waals surface area contributed by atoms with Gasteiger partial charge in [0.15, 0.2) is 0 Å². The molecule has 1 aromatic rings. The second-order valence-electron chi connectivity index (χ2n) is 5.35. The average molecular weight is 278 g/mol. The first-order valence-electron chi connectivity index (χ1n) is 7.46. The number of benzene rings is 1. The first-order valence-corrected chi connectivity index (χ1v) is 7.46. The van der Waals surface area contributed by atoms with E-state index >= 15 is 0 Å². The van der Waals surface area contributed by atoms with Crippen LogP contribution in [0.3, 0.4) is 0 Å². The smallest absolute Gasteiger partial charge is 0.126 e. The molecule has 1 aromatic carbocycles. The van der Waals surface area contributed by atoms with Crippen molar-refractivity contribution in [1.82, 2.24) is 0 Å². The van der Waals surface area contributed by atoms with Gasteiger partial charge in [0.05, 0.1) is 12.7 Å². The number of aliphatic hydroxyl groups is 1. The highest BCUT2D eigenvalue weighted by molar-refractivity contribution is 5.58. The van der Waals surface area contributed by atoms with Gasteiger partial charge in [-0.3, -0.25) is 0 Å². The Hall–Kier alpha value is -1.28. The monoisotopic (exact) mass is 278 g/mol. The fourth-order valence-electron chi connectivity index (χ4n) is 1.85. The summed E-state index contributed by atoms with van der Waals surface area (Å²) in [5, 5.41) is 9.61. The lowest BCUT2D eigenvalue weighted by molar-refractivity contribution is 0.0691. The summed E-state index contributed by atoms with van der Waals surface area (Å²) < 4.78 is 5.32. The van der Waals surface area contributed by atoms with E-state index in [2.05, 4.69) is 25.1 Å². The molecule has 1 N–H and O–H groups in total. The lowest BCUT2D eigenvalue weighted by Crippen LogP contribution is -2.17. The molecule has 0 aliphatic heterocycles. The number of methoxy groups -OCH3 is 1. The molecule has 0 spiro atoms. The van der Waals surface area contributed by atoms with Gasteiger partial charge < -0.3 is 9.84 Å². The molecular weight excluding hydrogens is 248 g/mol. The number of hydrogen-bond acceptors (Lipinski definition) is 2. The molecule has 0 fully saturated rings. The normalized spacial score (nSPS) is 11.2. The minimum Gasteiger partial charge on any atom is -0.496 e. The number of allylic oxidation sites excluding steroid dienone is 1. The lowest BCUT2D eigenvalue weighted by atomic mass is 10.0. The third-order valence-electron chi connectivity index (χ3n) is 2.84. The van der Waals surface area contributed by atoms with E-state index in [9.17, 15) is 5.11 Å². The van der Waals surface area contributed by atoms with Gasteiger partial charge in [0.2, 0.25) is 0 Å². The molecule has 20 heavy (non-hydrogen) atoms. The molecule has 0 aromatic heterocycles. The minimum atomic E-state index is -0.561. The largest absolute Gasteiger partial charge is 0.496 e. The predicted molar refractivity (Wildman–Crippen MR) is 88.3 cm³/mol. The number of aryl methyl sites for hydroxylation is 1. The van der Waals surface area contributed by atoms with E-state index in [4.69, 9.17) is 4.74 Å². The van der Waals surface area contributed by atoms with Crippen LogP contribution in [-0.2, 0) is 0 Å². The number of unbranched alkanes of at least 4 members (excludes halogenated alkanes) is 1. The van der Waals surface area contributed by atoms with Gasteiger partial charge >= 0.3 is 0 Å². The zero-order chi connectivity index (χ0) is 15.6. The summed E-state index contributed by atoms with van der Waals surface area (Å²) in [5.74, 6) is 0.902. The fourth-order valence-corrected chi connectivity index (χ4v) is 1.85. The molecule has 0 amide bonds. The quantitative estimate of drug-likeness (QED) is 0.743. The van der Waals surface area contributed by atoms with Gasteiger partial charge in [-0.2, -0.15) is 0 Å². The molecule has 0 saturated heterocycles. The van der Waals surface area contributed by atoms with Crippen molar-refractivity contribution in [3.63, 3.8) is 0 Å². The van der Waals surface area contributed by atoms with Gasteiger partial charge in [-0.25, -0.2) is 0 Å². The maximum absolute atomic E-state index is 9.61. The van der Waals surface area contributed by atoms with E-state index in [1.165, 1.54) is 5.56 Å². The van der Waals surface area contributed by atoms with Crippen LogP contribution in [0.25, 0.3) is 6.08 Å². The van der Waals surface area contributed by atoms with E-state index in [-0.39, 0.29) is 0 Å². The number of ether oxygens (including phenoxy) is 1. The molecule has 0 unspecified atom stereocenters. The Morgan fingerprint density at radius 3 is 2.45 bits per heavy atom. The molecule has 0 bridgehead atoms. The van der Waals surface area contributed by atoms with Crippen molar-refractivity contribution in [2.24, 2.45) is 0 Å². The molecule has 0 heterocycles. The molecule has 1 rings (SSSR count). The fraction of sp³-hybridized carbons (Fsp3) is 0.556. The maximum Gasteiger partial charge on any atom is 0.126 e. The topological polar surface area (TPSA) is 29.5 Å². The van der Waals surface area contributed by atoms with Gasteiger partial charge in [-0.05, 0) is 52.2 Å². The third kappa shape index (κ3) is 8.00. The van der Waals surface area contributed by atoms with E-state index in [1.54, 1.807) is 7.11 Å². The van der Waals surface area contributed by atoms with Crippen molar-refractivity contribution in [2.75, 3.05) is 7.11 Å². The Bertz CT molecular complexity index is 400. The van der Waals surface area contributed by atoms with Crippen molar-refractivity contribution in [3.05, 3.63) is 35.4 Å². The first kappa shape index (κ1) is 18.7. The van der Waals surface area contributed by atoms with Gasteiger partial charge in [-0.15, -0.1) is 0 Å². The van der Waals surface area contributed by atoms with Crippen LogP contribution in [0.4, 0.5) is 0 Å². The van der Waals surface area contributed by atoms with Crippen molar-refractivity contribution in [1.29, 1.82) is 0 Å². The van der Waals surface area contributed by atoms with Crippen LogP contribution in [0.5, 0.6) is 5.75 Å². The number of rotatable bonds is 6. The van der Waals surface area contributed by atoms with Crippen LogP contribution in [0, 0.1) is 6.92 Å². The van der Waals surface area contributed by atoms with E-state index in [0.29, 0.717) is 0 Å². The lowest BCUT2D eigenvalue weighted by Gasteiger charge is -2.15. The molecule has 114 valence electrons. The van der Waals surface area contributed by atoms with E-state index in [0.717, 1.165) is 30.6 Å². The molecule has 2 nitrogen and oxygen atoms in total. The standard InChI is InChI=1S/C16H24O2.C2H6/c1-13-9-10-15(18-4)14(12-13)8-6-5-7-11-16(2,3)17;1-2/h6,8-10,12,17H,5,7,11H2,1-4H3;1-2H3/b8-6+;. The molecule has 0 radical (unpaired) electrons. The molecule has 0 aliphatic carbocycles. The summed E-state index contributed by atoms with van der Waals surface area (Å²) in [6, 6.07) is 6.15. The third-order valence-corrected chi connectivity index (χ3v) is 2.84. The van der Waals surface area contributed by atoms with Crippen LogP contribution in [-0.4, -0.2) is 17.8 Å². The summed E-state index contributed by atoms with van der Waals surface area (Å²) in [5.41, 5.74) is 1.78. The van der Waals surface area contributed by atoms with Crippen LogP contribution in [0.15, 0.2) is 24.3 Å². The Kier molecular flexibility index (Phi) is 8.98. The minimum absolute atomic E-state index is 0.561. The Morgan fingerprint density at radius 2 is 1.90 bits per heavy atom. The van der Waals surface area contributed by atoms with Crippen LogP contribution in [0.1, 0.15) is 58.1 Å². The summed E-state index contributed by atoms with van der Waals surface area (Å²) in [6.07, 6.45) is 7.02. The Labute approximate surface area is 124 Å².